The van der Waals surface area contributed by atoms with E-state index in [2.05, 4.69) is 10.0 Å². The van der Waals surface area contributed by atoms with Crippen molar-refractivity contribution in [3.8, 4) is 11.5 Å². The summed E-state index contributed by atoms with van der Waals surface area (Å²) in [4.78, 5) is 16.5. The molecule has 0 bridgehead atoms. The molecule has 2 rings (SSSR count). The summed E-state index contributed by atoms with van der Waals surface area (Å²) >= 11 is 0. The zero-order chi connectivity index (χ0) is 15.2. The molecular weight excluding hydrogens is 272 g/mol. The third-order valence-corrected chi connectivity index (χ3v) is 3.55. The van der Waals surface area contributed by atoms with Crippen LogP contribution in [0.5, 0.6) is 11.5 Å². The Hall–Kier alpha value is -2.40. The fraction of sp³-hybridized carbons (Fsp3) is 0.500. The molecule has 1 aromatic carbocycles. The second-order valence-corrected chi connectivity index (χ2v) is 4.94. The number of nitrogens with zero attached hydrogens (tertiary/aromatic N) is 4. The molecule has 0 spiro atoms. The lowest BCUT2D eigenvalue weighted by Crippen LogP contribution is -2.25. The number of azide groups is 1. The summed E-state index contributed by atoms with van der Waals surface area (Å²) in [5, 5.41) is 3.55. The number of methoxy groups -OCH3 is 2. The second-order valence-electron chi connectivity index (χ2n) is 4.94. The van der Waals surface area contributed by atoms with Crippen molar-refractivity contribution in [3.05, 3.63) is 34.2 Å². The van der Waals surface area contributed by atoms with Crippen LogP contribution in [-0.2, 0) is 11.3 Å². The fourth-order valence-electron chi connectivity index (χ4n) is 2.49. The van der Waals surface area contributed by atoms with Crippen LogP contribution in [0.15, 0.2) is 23.3 Å². The van der Waals surface area contributed by atoms with Gasteiger partial charge in [0.15, 0.2) is 0 Å². The molecule has 112 valence electrons. The molecular formula is C14H18N4O3. The monoisotopic (exact) mass is 290 g/mol. The highest BCUT2D eigenvalue weighted by atomic mass is 16.5. The van der Waals surface area contributed by atoms with Gasteiger partial charge in [-0.2, -0.15) is 0 Å². The third kappa shape index (κ3) is 3.58. The van der Waals surface area contributed by atoms with E-state index < -0.39 is 0 Å². The van der Waals surface area contributed by atoms with Gasteiger partial charge >= 0.3 is 0 Å². The molecule has 1 amide bonds. The summed E-state index contributed by atoms with van der Waals surface area (Å²) in [6.07, 6.45) is 0.422. The Morgan fingerprint density at radius 1 is 1.43 bits per heavy atom. The van der Waals surface area contributed by atoms with Gasteiger partial charge < -0.3 is 14.4 Å². The maximum Gasteiger partial charge on any atom is 0.223 e. The number of carbonyl (C=O) groups is 1. The van der Waals surface area contributed by atoms with E-state index in [9.17, 15) is 4.79 Å². The molecule has 21 heavy (non-hydrogen) atoms. The van der Waals surface area contributed by atoms with Crippen LogP contribution < -0.4 is 9.47 Å². The van der Waals surface area contributed by atoms with Gasteiger partial charge in [-0.05, 0) is 29.6 Å². The van der Waals surface area contributed by atoms with Crippen LogP contribution in [0, 0.1) is 5.92 Å². The largest absolute Gasteiger partial charge is 0.497 e. The molecule has 1 aliphatic rings. The highest BCUT2D eigenvalue weighted by Gasteiger charge is 2.29. The SMILES string of the molecule is COc1ccc(OC)c(CN2CC(CN=[N+]=[N-])CC2=O)c1. The van der Waals surface area contributed by atoms with Crippen LogP contribution in [0.2, 0.25) is 0 Å². The number of ether oxygens (including phenoxy) is 2. The molecule has 7 heteroatoms. The summed E-state index contributed by atoms with van der Waals surface area (Å²) in [5.74, 6) is 1.60. The normalized spacial score (nSPS) is 17.5. The summed E-state index contributed by atoms with van der Waals surface area (Å²) < 4.78 is 10.5. The summed E-state index contributed by atoms with van der Waals surface area (Å²) in [6, 6.07) is 5.51. The average molecular weight is 290 g/mol. The zero-order valence-electron chi connectivity index (χ0n) is 12.2. The number of amides is 1. The molecule has 0 saturated carbocycles. The van der Waals surface area contributed by atoms with Gasteiger partial charge in [0.25, 0.3) is 0 Å². The molecule has 0 radical (unpaired) electrons. The predicted octanol–water partition coefficient (Wildman–Crippen LogP) is 2.36. The first-order chi connectivity index (χ1) is 10.2. The zero-order valence-corrected chi connectivity index (χ0v) is 12.2. The Kier molecular flexibility index (Phi) is 4.90. The smallest absolute Gasteiger partial charge is 0.223 e. The van der Waals surface area contributed by atoms with Crippen molar-refractivity contribution in [1.29, 1.82) is 0 Å². The van der Waals surface area contributed by atoms with E-state index in [0.717, 1.165) is 17.1 Å². The van der Waals surface area contributed by atoms with Crippen LogP contribution in [0.1, 0.15) is 12.0 Å². The Balaban J connectivity index is 2.10. The maximum atomic E-state index is 12.0. The Morgan fingerprint density at radius 3 is 2.90 bits per heavy atom. The van der Waals surface area contributed by atoms with E-state index in [0.29, 0.717) is 26.1 Å². The van der Waals surface area contributed by atoms with Crippen molar-refractivity contribution < 1.29 is 14.3 Å². The molecule has 0 aromatic heterocycles. The first-order valence-corrected chi connectivity index (χ1v) is 6.67. The summed E-state index contributed by atoms with van der Waals surface area (Å²) in [6.45, 7) is 1.41. The van der Waals surface area contributed by atoms with E-state index in [1.165, 1.54) is 0 Å². The minimum atomic E-state index is 0.0676. The first kappa shape index (κ1) is 15.0. The van der Waals surface area contributed by atoms with Crippen LogP contribution in [0.4, 0.5) is 0 Å². The molecule has 1 aliphatic heterocycles. The number of benzene rings is 1. The van der Waals surface area contributed by atoms with Gasteiger partial charge in [-0.3, -0.25) is 4.79 Å². The lowest BCUT2D eigenvalue weighted by molar-refractivity contribution is -0.128. The molecule has 1 aromatic rings. The number of hydrogen-bond donors (Lipinski definition) is 0. The van der Waals surface area contributed by atoms with Crippen molar-refractivity contribution in [2.45, 2.75) is 13.0 Å². The minimum Gasteiger partial charge on any atom is -0.497 e. The summed E-state index contributed by atoms with van der Waals surface area (Å²) in [5.41, 5.74) is 9.25. The minimum absolute atomic E-state index is 0.0676. The molecule has 1 atom stereocenters. The number of rotatable bonds is 6. The number of hydrogen-bond acceptors (Lipinski definition) is 4. The molecule has 1 heterocycles. The maximum absolute atomic E-state index is 12.0. The Labute approximate surface area is 123 Å². The highest BCUT2D eigenvalue weighted by molar-refractivity contribution is 5.78. The summed E-state index contributed by atoms with van der Waals surface area (Å²) in [7, 11) is 3.20. The van der Waals surface area contributed by atoms with E-state index in [4.69, 9.17) is 15.0 Å². The lowest BCUT2D eigenvalue weighted by Gasteiger charge is -2.19. The standard InChI is InChI=1S/C14H18N4O3/c1-20-12-3-4-13(21-2)11(6-12)9-18-8-10(5-14(18)19)7-16-17-15/h3-4,6,10H,5,7-9H2,1-2H3. The van der Waals surface area contributed by atoms with Gasteiger partial charge in [0.05, 0.1) is 14.2 Å². The number of likely N-dealkylation sites (tertiary alicyclic amines) is 1. The molecule has 1 fully saturated rings. The third-order valence-electron chi connectivity index (χ3n) is 3.55. The first-order valence-electron chi connectivity index (χ1n) is 6.67. The molecule has 1 saturated heterocycles. The van der Waals surface area contributed by atoms with Gasteiger partial charge in [0.2, 0.25) is 5.91 Å². The Bertz CT molecular complexity index is 569. The van der Waals surface area contributed by atoms with E-state index in [-0.39, 0.29) is 11.8 Å². The van der Waals surface area contributed by atoms with Gasteiger partial charge in [-0.15, -0.1) is 0 Å². The van der Waals surface area contributed by atoms with Gasteiger partial charge in [0.1, 0.15) is 11.5 Å². The van der Waals surface area contributed by atoms with Gasteiger partial charge in [0, 0.05) is 36.5 Å². The predicted molar refractivity (Wildman–Crippen MR) is 77.1 cm³/mol. The van der Waals surface area contributed by atoms with Crippen LogP contribution in [-0.4, -0.2) is 38.1 Å². The lowest BCUT2D eigenvalue weighted by atomic mass is 10.1. The molecule has 0 aliphatic carbocycles. The Morgan fingerprint density at radius 2 is 2.24 bits per heavy atom. The average Bonchev–Trinajstić information content (AvgIpc) is 2.85. The van der Waals surface area contributed by atoms with E-state index >= 15 is 0 Å². The molecule has 0 N–H and O–H groups in total. The van der Waals surface area contributed by atoms with E-state index in [1.807, 2.05) is 18.2 Å². The molecule has 1 unspecified atom stereocenters. The topological polar surface area (TPSA) is 87.5 Å². The van der Waals surface area contributed by atoms with Crippen molar-refractivity contribution in [2.75, 3.05) is 27.3 Å². The van der Waals surface area contributed by atoms with Crippen LogP contribution in [0.25, 0.3) is 10.4 Å². The fourth-order valence-corrected chi connectivity index (χ4v) is 2.49. The van der Waals surface area contributed by atoms with Crippen LogP contribution in [0.3, 0.4) is 0 Å². The van der Waals surface area contributed by atoms with Crippen molar-refractivity contribution in [2.24, 2.45) is 11.0 Å². The number of carbonyl (C=O) groups excluding carboxylic acids is 1. The molecule has 7 nitrogen and oxygen atoms in total. The van der Waals surface area contributed by atoms with Gasteiger partial charge in [-0.1, -0.05) is 5.11 Å². The van der Waals surface area contributed by atoms with Crippen molar-refractivity contribution in [3.63, 3.8) is 0 Å². The van der Waals surface area contributed by atoms with Crippen LogP contribution >= 0.6 is 0 Å². The van der Waals surface area contributed by atoms with E-state index in [1.54, 1.807) is 19.1 Å². The quantitative estimate of drug-likeness (QED) is 0.457. The van der Waals surface area contributed by atoms with Gasteiger partial charge in [-0.25, -0.2) is 0 Å². The van der Waals surface area contributed by atoms with Crippen molar-refractivity contribution >= 4 is 5.91 Å². The highest BCUT2D eigenvalue weighted by Crippen LogP contribution is 2.28. The second kappa shape index (κ2) is 6.85. The van der Waals surface area contributed by atoms with Crippen molar-refractivity contribution in [1.82, 2.24) is 4.90 Å².